The Morgan fingerprint density at radius 2 is 2.00 bits per heavy atom. The molecule has 0 unspecified atom stereocenters. The van der Waals surface area contributed by atoms with E-state index in [1.54, 1.807) is 11.0 Å². The summed E-state index contributed by atoms with van der Waals surface area (Å²) >= 11 is 5.34. The first-order valence-corrected chi connectivity index (χ1v) is 5.43. The third-order valence-electron chi connectivity index (χ3n) is 2.20. The highest BCUT2D eigenvalue weighted by Gasteiger charge is 2.01. The molecule has 0 saturated heterocycles. The summed E-state index contributed by atoms with van der Waals surface area (Å²) in [4.78, 5) is 0. The van der Waals surface area contributed by atoms with Crippen LogP contribution in [0, 0.1) is 4.77 Å². The van der Waals surface area contributed by atoms with Crippen molar-refractivity contribution in [3.8, 4) is 5.69 Å². The van der Waals surface area contributed by atoms with Crippen molar-refractivity contribution in [1.82, 2.24) is 14.3 Å². The summed E-state index contributed by atoms with van der Waals surface area (Å²) in [6.07, 6.45) is 2.85. The Kier molecular flexibility index (Phi) is 2.97. The van der Waals surface area contributed by atoms with Crippen LogP contribution >= 0.6 is 12.2 Å². The van der Waals surface area contributed by atoms with E-state index in [0.29, 0.717) is 0 Å². The first-order chi connectivity index (χ1) is 7.33. The monoisotopic (exact) mass is 219 g/mol. The molecule has 0 N–H and O–H groups in total. The molecule has 0 radical (unpaired) electrons. The quantitative estimate of drug-likeness (QED) is 0.741. The third-order valence-corrected chi connectivity index (χ3v) is 2.61. The molecule has 4 heteroatoms. The van der Waals surface area contributed by atoms with Crippen molar-refractivity contribution in [2.45, 2.75) is 19.9 Å². The molecule has 15 heavy (non-hydrogen) atoms. The maximum atomic E-state index is 5.34. The van der Waals surface area contributed by atoms with Crippen LogP contribution in [-0.4, -0.2) is 14.3 Å². The Balaban J connectivity index is 2.43. The van der Waals surface area contributed by atoms with Crippen molar-refractivity contribution in [3.05, 3.63) is 41.4 Å². The topological polar surface area (TPSA) is 22.8 Å². The summed E-state index contributed by atoms with van der Waals surface area (Å²) in [6.45, 7) is 3.05. The lowest BCUT2D eigenvalue weighted by atomic mass is 10.3. The van der Waals surface area contributed by atoms with Crippen LogP contribution in [0.25, 0.3) is 5.69 Å². The Morgan fingerprint density at radius 1 is 1.27 bits per heavy atom. The molecule has 0 atom stereocenters. The van der Waals surface area contributed by atoms with Crippen molar-refractivity contribution in [2.24, 2.45) is 0 Å². The largest absolute Gasteiger partial charge is 0.306 e. The lowest BCUT2D eigenvalue weighted by molar-refractivity contribution is 0.663. The molecule has 0 spiro atoms. The minimum Gasteiger partial charge on any atom is -0.306 e. The van der Waals surface area contributed by atoms with Crippen LogP contribution < -0.4 is 0 Å². The highest BCUT2D eigenvalue weighted by molar-refractivity contribution is 7.71. The Morgan fingerprint density at radius 3 is 2.67 bits per heavy atom. The standard InChI is InChI=1S/C11H13N3S/c1-2-8-13-9-12-14(11(13)15)10-6-4-3-5-7-10/h3-7,9H,2,8H2,1H3. The molecular weight excluding hydrogens is 206 g/mol. The SMILES string of the molecule is CCCn1cnn(-c2ccccc2)c1=S. The second kappa shape index (κ2) is 4.40. The summed E-state index contributed by atoms with van der Waals surface area (Å²) in [7, 11) is 0. The van der Waals surface area contributed by atoms with Crippen molar-refractivity contribution >= 4 is 12.2 Å². The zero-order chi connectivity index (χ0) is 10.7. The van der Waals surface area contributed by atoms with Gasteiger partial charge in [-0.1, -0.05) is 25.1 Å². The van der Waals surface area contributed by atoms with E-state index in [1.165, 1.54) is 0 Å². The third kappa shape index (κ3) is 1.99. The first-order valence-electron chi connectivity index (χ1n) is 5.03. The van der Waals surface area contributed by atoms with E-state index in [-0.39, 0.29) is 0 Å². The maximum absolute atomic E-state index is 5.34. The molecule has 78 valence electrons. The molecule has 0 aliphatic rings. The molecule has 1 aromatic heterocycles. The number of para-hydroxylation sites is 1. The van der Waals surface area contributed by atoms with Crippen LogP contribution in [0.1, 0.15) is 13.3 Å². The summed E-state index contributed by atoms with van der Waals surface area (Å²) in [5.74, 6) is 0. The van der Waals surface area contributed by atoms with Crippen molar-refractivity contribution in [1.29, 1.82) is 0 Å². The van der Waals surface area contributed by atoms with E-state index in [0.717, 1.165) is 23.4 Å². The minimum atomic E-state index is 0.753. The van der Waals surface area contributed by atoms with Gasteiger partial charge in [0.25, 0.3) is 0 Å². The fraction of sp³-hybridized carbons (Fsp3) is 0.273. The van der Waals surface area contributed by atoms with E-state index in [4.69, 9.17) is 12.2 Å². The number of hydrogen-bond donors (Lipinski definition) is 0. The minimum absolute atomic E-state index is 0.753. The highest BCUT2D eigenvalue weighted by atomic mass is 32.1. The van der Waals surface area contributed by atoms with Gasteiger partial charge < -0.3 is 4.57 Å². The molecule has 0 saturated carbocycles. The smallest absolute Gasteiger partial charge is 0.202 e. The van der Waals surface area contributed by atoms with E-state index in [9.17, 15) is 0 Å². The number of nitrogens with zero attached hydrogens (tertiary/aromatic N) is 3. The molecular formula is C11H13N3S. The maximum Gasteiger partial charge on any atom is 0.202 e. The normalized spacial score (nSPS) is 10.5. The number of aromatic nitrogens is 3. The van der Waals surface area contributed by atoms with Crippen LogP contribution in [-0.2, 0) is 6.54 Å². The van der Waals surface area contributed by atoms with Gasteiger partial charge in [0.05, 0.1) is 5.69 Å². The molecule has 0 aliphatic heterocycles. The van der Waals surface area contributed by atoms with Gasteiger partial charge in [-0.15, -0.1) is 0 Å². The van der Waals surface area contributed by atoms with Gasteiger partial charge in [0.2, 0.25) is 4.77 Å². The van der Waals surface area contributed by atoms with E-state index in [1.807, 2.05) is 34.9 Å². The summed E-state index contributed by atoms with van der Waals surface area (Å²) < 4.78 is 4.52. The molecule has 0 amide bonds. The van der Waals surface area contributed by atoms with Gasteiger partial charge in [-0.3, -0.25) is 0 Å². The van der Waals surface area contributed by atoms with Crippen LogP contribution in [0.3, 0.4) is 0 Å². The lowest BCUT2D eigenvalue weighted by Gasteiger charge is -2.00. The number of hydrogen-bond acceptors (Lipinski definition) is 2. The Labute approximate surface area is 94.0 Å². The zero-order valence-electron chi connectivity index (χ0n) is 8.63. The Bertz CT molecular complexity index is 484. The van der Waals surface area contributed by atoms with Gasteiger partial charge in [-0.05, 0) is 30.8 Å². The second-order valence-electron chi connectivity index (χ2n) is 3.35. The fourth-order valence-corrected chi connectivity index (χ4v) is 1.77. The highest BCUT2D eigenvalue weighted by Crippen LogP contribution is 2.06. The second-order valence-corrected chi connectivity index (χ2v) is 3.72. The molecule has 1 aromatic carbocycles. The van der Waals surface area contributed by atoms with Crippen molar-refractivity contribution < 1.29 is 0 Å². The van der Waals surface area contributed by atoms with Gasteiger partial charge in [0.15, 0.2) is 0 Å². The zero-order valence-corrected chi connectivity index (χ0v) is 9.44. The lowest BCUT2D eigenvalue weighted by Crippen LogP contribution is -1.99. The number of benzene rings is 1. The molecule has 1 heterocycles. The van der Waals surface area contributed by atoms with E-state index < -0.39 is 0 Å². The van der Waals surface area contributed by atoms with Gasteiger partial charge in [-0.25, -0.2) is 4.68 Å². The van der Waals surface area contributed by atoms with Crippen LogP contribution in [0.5, 0.6) is 0 Å². The predicted molar refractivity (Wildman–Crippen MR) is 62.7 cm³/mol. The van der Waals surface area contributed by atoms with Crippen LogP contribution in [0.4, 0.5) is 0 Å². The van der Waals surface area contributed by atoms with E-state index in [2.05, 4.69) is 12.0 Å². The first kappa shape index (κ1) is 10.1. The molecule has 2 rings (SSSR count). The fourth-order valence-electron chi connectivity index (χ4n) is 1.48. The van der Waals surface area contributed by atoms with Crippen molar-refractivity contribution in [3.63, 3.8) is 0 Å². The van der Waals surface area contributed by atoms with Gasteiger partial charge in [0.1, 0.15) is 6.33 Å². The van der Waals surface area contributed by atoms with Gasteiger partial charge in [0, 0.05) is 6.54 Å². The number of aryl methyl sites for hydroxylation is 1. The predicted octanol–water partition coefficient (Wildman–Crippen LogP) is 2.81. The average molecular weight is 219 g/mol. The summed E-state index contributed by atoms with van der Waals surface area (Å²) in [5, 5.41) is 4.28. The van der Waals surface area contributed by atoms with Gasteiger partial charge >= 0.3 is 0 Å². The summed E-state index contributed by atoms with van der Waals surface area (Å²) in [6, 6.07) is 9.94. The number of rotatable bonds is 3. The molecule has 0 aliphatic carbocycles. The molecule has 0 fully saturated rings. The Hall–Kier alpha value is -1.42. The van der Waals surface area contributed by atoms with Gasteiger partial charge in [-0.2, -0.15) is 5.10 Å². The van der Waals surface area contributed by atoms with E-state index >= 15 is 0 Å². The molecule has 0 bridgehead atoms. The molecule has 3 nitrogen and oxygen atoms in total. The average Bonchev–Trinajstić information content (AvgIpc) is 2.63. The summed E-state index contributed by atoms with van der Waals surface area (Å²) in [5.41, 5.74) is 1.01. The van der Waals surface area contributed by atoms with Crippen LogP contribution in [0.2, 0.25) is 0 Å². The molecule has 2 aromatic rings. The van der Waals surface area contributed by atoms with Crippen molar-refractivity contribution in [2.75, 3.05) is 0 Å². The van der Waals surface area contributed by atoms with Crippen LogP contribution in [0.15, 0.2) is 36.7 Å².